The molecule has 1 unspecified atom stereocenters. The van der Waals surface area contributed by atoms with E-state index in [0.29, 0.717) is 6.04 Å². The zero-order valence-electron chi connectivity index (χ0n) is 12.6. The molecular formula is C14H23N5. The van der Waals surface area contributed by atoms with Gasteiger partial charge in [-0.15, -0.1) is 0 Å². The zero-order chi connectivity index (χ0) is 14.2. The Kier molecular flexibility index (Phi) is 3.39. The fraction of sp³-hybridized carbons (Fsp3) is 0.571. The fourth-order valence-corrected chi connectivity index (χ4v) is 2.04. The lowest BCUT2D eigenvalue weighted by Gasteiger charge is -2.36. The lowest BCUT2D eigenvalue weighted by molar-refractivity contribution is 0.329. The van der Waals surface area contributed by atoms with Crippen molar-refractivity contribution < 1.29 is 0 Å². The lowest BCUT2D eigenvalue weighted by Crippen LogP contribution is -2.40. The maximum Gasteiger partial charge on any atom is 0.180 e. The average Bonchev–Trinajstić information content (AvgIpc) is 2.82. The maximum absolute atomic E-state index is 4.66. The van der Waals surface area contributed by atoms with E-state index in [4.69, 9.17) is 0 Å². The molecule has 5 heteroatoms. The molecule has 0 aliphatic carbocycles. The third-order valence-electron chi connectivity index (χ3n) is 3.78. The van der Waals surface area contributed by atoms with Gasteiger partial charge in [-0.1, -0.05) is 20.8 Å². The normalized spacial score (nSPS) is 13.6. The molecule has 0 saturated carbocycles. The van der Waals surface area contributed by atoms with Gasteiger partial charge in [0.1, 0.15) is 5.82 Å². The van der Waals surface area contributed by atoms with Crippen LogP contribution >= 0.6 is 0 Å². The van der Waals surface area contributed by atoms with E-state index in [1.807, 2.05) is 23.8 Å². The first kappa shape index (κ1) is 13.6. The van der Waals surface area contributed by atoms with Crippen LogP contribution in [-0.4, -0.2) is 34.5 Å². The van der Waals surface area contributed by atoms with Crippen molar-refractivity contribution >= 4 is 17.3 Å². The van der Waals surface area contributed by atoms with Crippen LogP contribution in [0.2, 0.25) is 0 Å². The average molecular weight is 261 g/mol. The fourth-order valence-electron chi connectivity index (χ4n) is 2.04. The summed E-state index contributed by atoms with van der Waals surface area (Å²) in [5.74, 6) is 1.74. The lowest BCUT2D eigenvalue weighted by atomic mass is 9.87. The molecule has 1 N–H and O–H groups in total. The molecule has 0 fully saturated rings. The van der Waals surface area contributed by atoms with Crippen LogP contribution in [0.3, 0.4) is 0 Å². The van der Waals surface area contributed by atoms with Gasteiger partial charge in [-0.05, 0) is 12.3 Å². The van der Waals surface area contributed by atoms with Gasteiger partial charge in [0.05, 0.1) is 6.20 Å². The second-order valence-corrected chi connectivity index (χ2v) is 6.01. The number of rotatable bonds is 3. The van der Waals surface area contributed by atoms with E-state index >= 15 is 0 Å². The number of hydrogen-bond acceptors (Lipinski definition) is 4. The molecule has 2 aromatic heterocycles. The molecule has 0 aromatic carbocycles. The molecule has 0 bridgehead atoms. The van der Waals surface area contributed by atoms with Crippen molar-refractivity contribution in [3.8, 4) is 0 Å². The van der Waals surface area contributed by atoms with Crippen LogP contribution in [-0.2, 0) is 0 Å². The molecule has 0 aliphatic heterocycles. The third kappa shape index (κ3) is 2.50. The largest absolute Gasteiger partial charge is 0.372 e. The molecule has 0 spiro atoms. The molecule has 2 heterocycles. The third-order valence-corrected chi connectivity index (χ3v) is 3.78. The highest BCUT2D eigenvalue weighted by Gasteiger charge is 2.26. The van der Waals surface area contributed by atoms with Crippen LogP contribution in [0.5, 0.6) is 0 Å². The summed E-state index contributed by atoms with van der Waals surface area (Å²) in [5.41, 5.74) is 1.06. The van der Waals surface area contributed by atoms with E-state index in [1.165, 1.54) is 0 Å². The summed E-state index contributed by atoms with van der Waals surface area (Å²) >= 11 is 0. The Morgan fingerprint density at radius 2 is 2.05 bits per heavy atom. The van der Waals surface area contributed by atoms with Gasteiger partial charge in [-0.3, -0.25) is 0 Å². The Hall–Kier alpha value is -1.78. The van der Waals surface area contributed by atoms with Gasteiger partial charge < -0.3 is 14.6 Å². The first-order chi connectivity index (χ1) is 8.84. The monoisotopic (exact) mass is 261 g/mol. The van der Waals surface area contributed by atoms with E-state index in [2.05, 4.69) is 54.9 Å². The summed E-state index contributed by atoms with van der Waals surface area (Å²) in [4.78, 5) is 11.3. The summed E-state index contributed by atoms with van der Waals surface area (Å²) in [6, 6.07) is 0.354. The van der Waals surface area contributed by atoms with Crippen molar-refractivity contribution in [1.29, 1.82) is 0 Å². The molecule has 19 heavy (non-hydrogen) atoms. The Morgan fingerprint density at radius 3 is 2.63 bits per heavy atom. The van der Waals surface area contributed by atoms with Gasteiger partial charge in [0.2, 0.25) is 0 Å². The number of imidazole rings is 1. The SMILES string of the molecule is CNc1cn2ccnc2c(N(C)C(C)C(C)(C)C)n1. The number of fused-ring (bicyclic) bond motifs is 1. The van der Waals surface area contributed by atoms with Crippen LogP contribution in [0.4, 0.5) is 11.6 Å². The van der Waals surface area contributed by atoms with Crippen molar-refractivity contribution in [3.63, 3.8) is 0 Å². The number of nitrogens with one attached hydrogen (secondary N) is 1. The molecule has 2 rings (SSSR count). The van der Waals surface area contributed by atoms with Gasteiger partial charge in [-0.25, -0.2) is 9.97 Å². The first-order valence-corrected chi connectivity index (χ1v) is 6.59. The first-order valence-electron chi connectivity index (χ1n) is 6.59. The van der Waals surface area contributed by atoms with E-state index < -0.39 is 0 Å². The summed E-state index contributed by atoms with van der Waals surface area (Å²) in [7, 11) is 3.95. The molecule has 0 radical (unpaired) electrons. The van der Waals surface area contributed by atoms with E-state index in [1.54, 1.807) is 6.20 Å². The Morgan fingerprint density at radius 1 is 1.37 bits per heavy atom. The van der Waals surface area contributed by atoms with Gasteiger partial charge in [0.25, 0.3) is 0 Å². The maximum atomic E-state index is 4.66. The number of nitrogens with zero attached hydrogens (tertiary/aromatic N) is 4. The van der Waals surface area contributed by atoms with Crippen LogP contribution < -0.4 is 10.2 Å². The van der Waals surface area contributed by atoms with E-state index in [9.17, 15) is 0 Å². The quantitative estimate of drug-likeness (QED) is 0.922. The van der Waals surface area contributed by atoms with Gasteiger partial charge in [0.15, 0.2) is 11.5 Å². The van der Waals surface area contributed by atoms with Crippen molar-refractivity contribution in [3.05, 3.63) is 18.6 Å². The molecule has 0 aliphatic rings. The Labute approximate surface area is 114 Å². The second-order valence-electron chi connectivity index (χ2n) is 6.01. The zero-order valence-corrected chi connectivity index (χ0v) is 12.6. The molecule has 1 atom stereocenters. The Bertz CT molecular complexity index is 567. The topological polar surface area (TPSA) is 45.5 Å². The standard InChI is InChI=1S/C14H23N5/c1-10(14(2,3)4)18(6)13-12-16-7-8-19(12)9-11(15-5)17-13/h7-10,15H,1-6H3. The van der Waals surface area contributed by atoms with Crippen molar-refractivity contribution in [2.45, 2.75) is 33.7 Å². The second kappa shape index (κ2) is 4.72. The highest BCUT2D eigenvalue weighted by Crippen LogP contribution is 2.28. The number of hydrogen-bond donors (Lipinski definition) is 1. The predicted molar refractivity (Wildman–Crippen MR) is 79.9 cm³/mol. The van der Waals surface area contributed by atoms with Crippen molar-refractivity contribution in [2.24, 2.45) is 5.41 Å². The number of anilines is 2. The van der Waals surface area contributed by atoms with Crippen molar-refractivity contribution in [1.82, 2.24) is 14.4 Å². The van der Waals surface area contributed by atoms with Crippen molar-refractivity contribution in [2.75, 3.05) is 24.3 Å². The van der Waals surface area contributed by atoms with Gasteiger partial charge in [0, 0.05) is 32.5 Å². The van der Waals surface area contributed by atoms with E-state index in [-0.39, 0.29) is 5.41 Å². The summed E-state index contributed by atoms with van der Waals surface area (Å²) in [6.45, 7) is 8.92. The van der Waals surface area contributed by atoms with E-state index in [0.717, 1.165) is 17.3 Å². The molecule has 0 amide bonds. The molecule has 0 saturated heterocycles. The van der Waals surface area contributed by atoms with Gasteiger partial charge >= 0.3 is 0 Å². The molecule has 104 valence electrons. The molecule has 5 nitrogen and oxygen atoms in total. The Balaban J connectivity index is 2.51. The van der Waals surface area contributed by atoms with Crippen LogP contribution in [0, 0.1) is 5.41 Å². The molecular weight excluding hydrogens is 238 g/mol. The van der Waals surface area contributed by atoms with Crippen LogP contribution in [0.15, 0.2) is 18.6 Å². The summed E-state index contributed by atoms with van der Waals surface area (Å²) in [5, 5.41) is 3.10. The number of aromatic nitrogens is 3. The molecule has 2 aromatic rings. The summed E-state index contributed by atoms with van der Waals surface area (Å²) < 4.78 is 2.00. The predicted octanol–water partition coefficient (Wildman–Crippen LogP) is 2.64. The highest BCUT2D eigenvalue weighted by atomic mass is 15.2. The van der Waals surface area contributed by atoms with Crippen LogP contribution in [0.1, 0.15) is 27.7 Å². The minimum atomic E-state index is 0.176. The smallest absolute Gasteiger partial charge is 0.180 e. The highest BCUT2D eigenvalue weighted by molar-refractivity contribution is 5.67. The minimum absolute atomic E-state index is 0.176. The van der Waals surface area contributed by atoms with Crippen LogP contribution in [0.25, 0.3) is 5.65 Å². The minimum Gasteiger partial charge on any atom is -0.372 e. The van der Waals surface area contributed by atoms with Gasteiger partial charge in [-0.2, -0.15) is 0 Å². The summed E-state index contributed by atoms with van der Waals surface area (Å²) in [6.07, 6.45) is 5.69.